The SMILES string of the molecule is O=C(CCc1ccc(N2C(=O)C3C4C=CC(O4)C3C2=O)cc1)OCc1ccccc1. The Hall–Kier alpha value is -3.25. The van der Waals surface area contributed by atoms with E-state index in [9.17, 15) is 14.4 Å². The van der Waals surface area contributed by atoms with E-state index < -0.39 is 11.8 Å². The van der Waals surface area contributed by atoms with Gasteiger partial charge in [-0.15, -0.1) is 0 Å². The highest BCUT2D eigenvalue weighted by atomic mass is 16.5. The van der Waals surface area contributed by atoms with Gasteiger partial charge in [0.25, 0.3) is 0 Å². The summed E-state index contributed by atoms with van der Waals surface area (Å²) < 4.78 is 11.0. The first-order valence-corrected chi connectivity index (χ1v) is 10.1. The summed E-state index contributed by atoms with van der Waals surface area (Å²) in [6.45, 7) is 0.265. The minimum absolute atomic E-state index is 0.195. The molecule has 30 heavy (non-hydrogen) atoms. The van der Waals surface area contributed by atoms with Crippen LogP contribution in [0.15, 0.2) is 66.7 Å². The highest BCUT2D eigenvalue weighted by Crippen LogP contribution is 2.46. The van der Waals surface area contributed by atoms with Crippen LogP contribution in [0.25, 0.3) is 0 Å². The number of hydrogen-bond acceptors (Lipinski definition) is 5. The number of carbonyl (C=O) groups is 3. The molecule has 152 valence electrons. The fourth-order valence-corrected chi connectivity index (χ4v) is 4.43. The first kappa shape index (κ1) is 18.8. The maximum Gasteiger partial charge on any atom is 0.306 e. The molecule has 5 rings (SSSR count). The van der Waals surface area contributed by atoms with Crippen molar-refractivity contribution in [1.82, 2.24) is 0 Å². The second-order valence-corrected chi connectivity index (χ2v) is 7.83. The van der Waals surface area contributed by atoms with Gasteiger partial charge in [0.2, 0.25) is 11.8 Å². The van der Waals surface area contributed by atoms with Gasteiger partial charge in [-0.25, -0.2) is 4.90 Å². The molecule has 3 heterocycles. The molecule has 6 heteroatoms. The third-order valence-corrected chi connectivity index (χ3v) is 5.97. The first-order chi connectivity index (χ1) is 14.6. The van der Waals surface area contributed by atoms with Crippen molar-refractivity contribution in [3.05, 3.63) is 77.9 Å². The van der Waals surface area contributed by atoms with Crippen molar-refractivity contribution in [1.29, 1.82) is 0 Å². The molecule has 6 nitrogen and oxygen atoms in total. The van der Waals surface area contributed by atoms with Gasteiger partial charge < -0.3 is 9.47 Å². The lowest BCUT2D eigenvalue weighted by molar-refractivity contribution is -0.145. The third-order valence-electron chi connectivity index (χ3n) is 5.97. The summed E-state index contributed by atoms with van der Waals surface area (Å²) in [5, 5.41) is 0. The number of anilines is 1. The number of aryl methyl sites for hydroxylation is 1. The van der Waals surface area contributed by atoms with E-state index in [2.05, 4.69) is 0 Å². The number of carbonyl (C=O) groups excluding carboxylic acids is 3. The average molecular weight is 403 g/mol. The lowest BCUT2D eigenvalue weighted by Crippen LogP contribution is -2.34. The smallest absolute Gasteiger partial charge is 0.306 e. The molecular weight excluding hydrogens is 382 g/mol. The van der Waals surface area contributed by atoms with Gasteiger partial charge in [-0.2, -0.15) is 0 Å². The number of ether oxygens (including phenoxy) is 2. The lowest BCUT2D eigenvalue weighted by atomic mass is 9.85. The average Bonchev–Trinajstić information content (AvgIpc) is 3.46. The Labute approximate surface area is 174 Å². The van der Waals surface area contributed by atoms with Crippen molar-refractivity contribution < 1.29 is 23.9 Å². The molecule has 0 saturated carbocycles. The van der Waals surface area contributed by atoms with Gasteiger partial charge >= 0.3 is 5.97 Å². The van der Waals surface area contributed by atoms with Crippen LogP contribution < -0.4 is 4.90 Å². The van der Waals surface area contributed by atoms with Crippen LogP contribution in [0.2, 0.25) is 0 Å². The number of hydrogen-bond donors (Lipinski definition) is 0. The summed E-state index contributed by atoms with van der Waals surface area (Å²) in [5.41, 5.74) is 2.46. The van der Waals surface area contributed by atoms with Gasteiger partial charge in [-0.3, -0.25) is 14.4 Å². The van der Waals surface area contributed by atoms with E-state index in [-0.39, 0.29) is 43.0 Å². The number of nitrogens with zero attached hydrogens (tertiary/aromatic N) is 1. The lowest BCUT2D eigenvalue weighted by Gasteiger charge is -2.18. The zero-order valence-corrected chi connectivity index (χ0v) is 16.3. The van der Waals surface area contributed by atoms with E-state index in [0.29, 0.717) is 12.1 Å². The molecule has 2 bridgehead atoms. The van der Waals surface area contributed by atoms with Crippen molar-refractivity contribution in [3.8, 4) is 0 Å². The number of rotatable bonds is 6. The minimum atomic E-state index is -0.411. The zero-order chi connectivity index (χ0) is 20.7. The molecule has 2 saturated heterocycles. The van der Waals surface area contributed by atoms with Crippen LogP contribution in [0.3, 0.4) is 0 Å². The van der Waals surface area contributed by atoms with Crippen molar-refractivity contribution >= 4 is 23.5 Å². The largest absolute Gasteiger partial charge is 0.461 e. The molecule has 4 atom stereocenters. The van der Waals surface area contributed by atoms with Crippen LogP contribution >= 0.6 is 0 Å². The summed E-state index contributed by atoms with van der Waals surface area (Å²) in [7, 11) is 0. The van der Waals surface area contributed by atoms with Gasteiger partial charge in [0.15, 0.2) is 0 Å². The van der Waals surface area contributed by atoms with Crippen LogP contribution in [-0.4, -0.2) is 30.0 Å². The second kappa shape index (κ2) is 7.54. The highest BCUT2D eigenvalue weighted by Gasteiger charge is 2.60. The molecule has 4 unspecified atom stereocenters. The summed E-state index contributed by atoms with van der Waals surface area (Å²) in [4.78, 5) is 38.9. The molecule has 0 N–H and O–H groups in total. The number of benzene rings is 2. The van der Waals surface area contributed by atoms with Crippen molar-refractivity contribution in [2.75, 3.05) is 4.90 Å². The van der Waals surface area contributed by atoms with E-state index in [1.807, 2.05) is 54.6 Å². The maximum absolute atomic E-state index is 12.8. The summed E-state index contributed by atoms with van der Waals surface area (Å²) in [6, 6.07) is 16.8. The van der Waals surface area contributed by atoms with Crippen molar-refractivity contribution in [2.24, 2.45) is 11.8 Å². The van der Waals surface area contributed by atoms with Gasteiger partial charge in [0.1, 0.15) is 6.61 Å². The molecule has 0 aromatic heterocycles. The molecule has 2 aromatic rings. The fraction of sp³-hybridized carbons (Fsp3) is 0.292. The van der Waals surface area contributed by atoms with Crippen molar-refractivity contribution in [3.63, 3.8) is 0 Å². The van der Waals surface area contributed by atoms with Crippen LogP contribution in [0.1, 0.15) is 17.5 Å². The van der Waals surface area contributed by atoms with Crippen LogP contribution in [-0.2, 0) is 36.9 Å². The molecular formula is C24H21NO5. The second-order valence-electron chi connectivity index (χ2n) is 7.83. The maximum atomic E-state index is 12.8. The van der Waals surface area contributed by atoms with E-state index >= 15 is 0 Å². The van der Waals surface area contributed by atoms with E-state index in [0.717, 1.165) is 11.1 Å². The van der Waals surface area contributed by atoms with Gasteiger partial charge in [-0.1, -0.05) is 54.6 Å². The molecule has 3 aliphatic heterocycles. The molecule has 2 aromatic carbocycles. The van der Waals surface area contributed by atoms with E-state index in [1.165, 1.54) is 4.90 Å². The predicted octanol–water partition coefficient (Wildman–Crippen LogP) is 2.81. The highest BCUT2D eigenvalue weighted by molar-refractivity contribution is 6.23. The number of imide groups is 1. The standard InChI is InChI=1S/C24H21NO5/c26-20(29-14-16-4-2-1-3-5-16)13-8-15-6-9-17(10-7-15)25-23(27)21-18-11-12-19(30-18)22(21)24(25)28/h1-7,9-12,18-19,21-22H,8,13-14H2. The topological polar surface area (TPSA) is 72.9 Å². The van der Waals surface area contributed by atoms with E-state index in [4.69, 9.17) is 9.47 Å². The fourth-order valence-electron chi connectivity index (χ4n) is 4.43. The molecule has 3 aliphatic rings. The summed E-state index contributed by atoms with van der Waals surface area (Å²) >= 11 is 0. The summed E-state index contributed by atoms with van der Waals surface area (Å²) in [6.07, 6.45) is 3.97. The molecule has 2 fully saturated rings. The predicted molar refractivity (Wildman–Crippen MR) is 108 cm³/mol. The van der Waals surface area contributed by atoms with Crippen LogP contribution in [0.5, 0.6) is 0 Å². The Bertz CT molecular complexity index is 984. The Balaban J connectivity index is 1.18. The molecule has 0 radical (unpaired) electrons. The van der Waals surface area contributed by atoms with Crippen LogP contribution in [0, 0.1) is 11.8 Å². The Kier molecular flexibility index (Phi) is 4.71. The van der Waals surface area contributed by atoms with Gasteiger partial charge in [-0.05, 0) is 29.7 Å². The zero-order valence-electron chi connectivity index (χ0n) is 16.3. The summed E-state index contributed by atoms with van der Waals surface area (Å²) in [5.74, 6) is -1.47. The van der Waals surface area contributed by atoms with Crippen molar-refractivity contribution in [2.45, 2.75) is 31.7 Å². The Morgan fingerprint density at radius 1 is 0.867 bits per heavy atom. The first-order valence-electron chi connectivity index (χ1n) is 10.1. The van der Waals surface area contributed by atoms with Gasteiger partial charge in [0, 0.05) is 6.42 Å². The third kappa shape index (κ3) is 3.23. The number of fused-ring (bicyclic) bond motifs is 5. The van der Waals surface area contributed by atoms with Crippen LogP contribution in [0.4, 0.5) is 5.69 Å². The number of amides is 2. The molecule has 2 amide bonds. The Morgan fingerprint density at radius 3 is 2.13 bits per heavy atom. The quantitative estimate of drug-likeness (QED) is 0.421. The Morgan fingerprint density at radius 2 is 1.50 bits per heavy atom. The minimum Gasteiger partial charge on any atom is -0.461 e. The molecule has 0 spiro atoms. The monoisotopic (exact) mass is 403 g/mol. The number of esters is 1. The van der Waals surface area contributed by atoms with Gasteiger partial charge in [0.05, 0.1) is 29.7 Å². The normalized spacial score (nSPS) is 26.3. The molecule has 0 aliphatic carbocycles. The van der Waals surface area contributed by atoms with E-state index in [1.54, 1.807) is 12.1 Å².